The normalized spacial score (nSPS) is 21.2. The first-order valence-electron chi connectivity index (χ1n) is 26.9. The maximum absolute atomic E-state index is 15.2. The van der Waals surface area contributed by atoms with Crippen LogP contribution in [0.5, 0.6) is 0 Å². The minimum atomic E-state index is -0.776. The number of hydrogen-bond acceptors (Lipinski definition) is 7. The standard InChI is InChI=1S/C59H98N4O6/c1-22-26-28-39(24-3)52(64)62-50-47(54(66)68-49-41(57(14,15)16)30-37(9)31-42(49)58(17,18)19)45(35(5)6)43(60-50)32-38(10)33-44-46(36(7)8)48(55(67)69-59(20,21)34-56(11,12)13)51(61-44)63-53(65)40(25-4)29-27-23-2/h32-33,35-37,39-42,49,61H,22-31,34H2,1-21H3,(H,63,65)(H,60,62,64)/b38-33+,43-32-. The number of carbonyl (C=O) groups excluding carboxylic acids is 4. The molecule has 0 bridgehead atoms. The number of aromatic amines is 1. The summed E-state index contributed by atoms with van der Waals surface area (Å²) in [5.74, 6) is -0.653. The van der Waals surface area contributed by atoms with Crippen LogP contribution in [0.1, 0.15) is 244 Å². The number of nitrogens with one attached hydrogen (secondary N) is 3. The number of aliphatic imine (C=N–C) groups is 1. The highest BCUT2D eigenvalue weighted by molar-refractivity contribution is 6.25. The number of amidine groups is 1. The molecule has 10 heteroatoms. The number of anilines is 1. The van der Waals surface area contributed by atoms with Crippen molar-refractivity contribution in [3.8, 4) is 0 Å². The third kappa shape index (κ3) is 16.3. The first-order chi connectivity index (χ1) is 31.8. The fourth-order valence-corrected chi connectivity index (χ4v) is 11.1. The van der Waals surface area contributed by atoms with E-state index in [2.05, 4.69) is 98.7 Å². The van der Waals surface area contributed by atoms with E-state index in [1.165, 1.54) is 0 Å². The highest BCUT2D eigenvalue weighted by Crippen LogP contribution is 2.50. The van der Waals surface area contributed by atoms with Crippen LogP contribution in [0.3, 0.4) is 0 Å². The molecule has 1 aliphatic heterocycles. The highest BCUT2D eigenvalue weighted by Gasteiger charge is 2.49. The van der Waals surface area contributed by atoms with E-state index in [9.17, 15) is 14.4 Å². The molecule has 0 radical (unpaired) electrons. The Kier molecular flexibility index (Phi) is 21.0. The fourth-order valence-electron chi connectivity index (χ4n) is 11.1. The predicted octanol–water partition coefficient (Wildman–Crippen LogP) is 15.3. The van der Waals surface area contributed by atoms with Gasteiger partial charge in [0.15, 0.2) is 0 Å². The van der Waals surface area contributed by atoms with Crippen LogP contribution < -0.4 is 10.6 Å². The van der Waals surface area contributed by atoms with Gasteiger partial charge in [0.05, 0.1) is 5.70 Å². The fraction of sp³-hybridized carbons (Fsp3) is 0.746. The van der Waals surface area contributed by atoms with Gasteiger partial charge in [-0.1, -0.05) is 150 Å². The van der Waals surface area contributed by atoms with Gasteiger partial charge in [0.2, 0.25) is 11.8 Å². The third-order valence-electron chi connectivity index (χ3n) is 14.3. The summed E-state index contributed by atoms with van der Waals surface area (Å²) in [5, 5.41) is 6.29. The molecule has 10 nitrogen and oxygen atoms in total. The van der Waals surface area contributed by atoms with Gasteiger partial charge in [0.1, 0.15) is 34.5 Å². The molecule has 69 heavy (non-hydrogen) atoms. The highest BCUT2D eigenvalue weighted by atomic mass is 16.6. The van der Waals surface area contributed by atoms with Crippen molar-refractivity contribution in [2.45, 2.75) is 234 Å². The summed E-state index contributed by atoms with van der Waals surface area (Å²) in [6.45, 7) is 44.4. The predicted molar refractivity (Wildman–Crippen MR) is 287 cm³/mol. The molecule has 0 spiro atoms. The van der Waals surface area contributed by atoms with Gasteiger partial charge >= 0.3 is 11.9 Å². The van der Waals surface area contributed by atoms with Crippen LogP contribution in [0, 0.1) is 51.8 Å². The molecule has 3 N–H and O–H groups in total. The topological polar surface area (TPSA) is 139 Å². The van der Waals surface area contributed by atoms with Crippen molar-refractivity contribution in [2.75, 3.05) is 5.32 Å². The zero-order chi connectivity index (χ0) is 52.6. The van der Waals surface area contributed by atoms with Crippen LogP contribution in [0.15, 0.2) is 33.5 Å². The van der Waals surface area contributed by atoms with E-state index in [4.69, 9.17) is 14.5 Å². The SMILES string of the molecule is CCCCC(CC)C(=O)NC1=N/C(=C\C(C)=C\c2[nH]c(NC(=O)C(CC)CCCC)c(C(=O)OC(C)(C)CC(C)(C)C)c2C(C)C)C(C(C)C)=C1C(=O)OC1C(C(C)(C)C)CC(C)CC1C(C)(C)C. The number of amides is 2. The summed E-state index contributed by atoms with van der Waals surface area (Å²) in [6, 6.07) is 0. The van der Waals surface area contributed by atoms with Crippen LogP contribution in [0.25, 0.3) is 6.08 Å². The lowest BCUT2D eigenvalue weighted by atomic mass is 9.59. The number of aromatic nitrogens is 1. The lowest BCUT2D eigenvalue weighted by molar-refractivity contribution is -0.164. The molecule has 1 aromatic rings. The zero-order valence-corrected chi connectivity index (χ0v) is 47.4. The molecule has 1 fully saturated rings. The van der Waals surface area contributed by atoms with Crippen LogP contribution in [-0.4, -0.2) is 46.3 Å². The monoisotopic (exact) mass is 959 g/mol. The number of ether oxygens (including phenoxy) is 2. The number of nitrogens with zero attached hydrogens (tertiary/aromatic N) is 1. The lowest BCUT2D eigenvalue weighted by Crippen LogP contribution is -2.50. The minimum Gasteiger partial charge on any atom is -0.458 e. The number of esters is 2. The van der Waals surface area contributed by atoms with Crippen molar-refractivity contribution in [1.82, 2.24) is 10.3 Å². The number of rotatable bonds is 20. The molecule has 1 saturated carbocycles. The molecule has 2 aliphatic rings. The second-order valence-corrected chi connectivity index (χ2v) is 25.4. The average Bonchev–Trinajstić information content (AvgIpc) is 3.74. The molecule has 3 rings (SSSR count). The van der Waals surface area contributed by atoms with E-state index >= 15 is 4.79 Å². The lowest BCUT2D eigenvalue weighted by Gasteiger charge is -2.50. The molecule has 390 valence electrons. The summed E-state index contributed by atoms with van der Waals surface area (Å²) in [6.07, 6.45) is 12.8. The molecule has 1 aromatic heterocycles. The number of carbonyl (C=O) groups is 4. The molecule has 4 atom stereocenters. The van der Waals surface area contributed by atoms with Gasteiger partial charge in [-0.25, -0.2) is 14.6 Å². The van der Waals surface area contributed by atoms with Crippen LogP contribution >= 0.6 is 0 Å². The third-order valence-corrected chi connectivity index (χ3v) is 14.3. The summed E-state index contributed by atoms with van der Waals surface area (Å²) < 4.78 is 13.2. The number of H-pyrrole nitrogens is 1. The van der Waals surface area contributed by atoms with E-state index in [1.54, 1.807) is 0 Å². The Hall–Kier alpha value is -3.95. The molecule has 4 unspecified atom stereocenters. The molecular formula is C59H98N4O6. The Labute approximate surface area is 420 Å². The summed E-state index contributed by atoms with van der Waals surface area (Å²) >= 11 is 0. The van der Waals surface area contributed by atoms with E-state index < -0.39 is 17.5 Å². The first kappa shape index (κ1) is 59.4. The Morgan fingerprint density at radius 3 is 1.70 bits per heavy atom. The van der Waals surface area contributed by atoms with Gasteiger partial charge in [-0.2, -0.15) is 0 Å². The van der Waals surface area contributed by atoms with Gasteiger partial charge in [-0.05, 0) is 129 Å². The van der Waals surface area contributed by atoms with Crippen LogP contribution in [0.2, 0.25) is 0 Å². The summed E-state index contributed by atoms with van der Waals surface area (Å²) in [5.41, 5.74) is 2.99. The van der Waals surface area contributed by atoms with Crippen molar-refractivity contribution < 1.29 is 28.7 Å². The molecule has 0 saturated heterocycles. The van der Waals surface area contributed by atoms with Crippen molar-refractivity contribution in [3.05, 3.63) is 45.3 Å². The first-order valence-corrected chi connectivity index (χ1v) is 26.9. The molecule has 1 aliphatic carbocycles. The number of hydrogen-bond donors (Lipinski definition) is 3. The summed E-state index contributed by atoms with van der Waals surface area (Å²) in [7, 11) is 0. The zero-order valence-electron chi connectivity index (χ0n) is 47.4. The van der Waals surface area contributed by atoms with E-state index in [0.717, 1.165) is 62.5 Å². The Balaban J connectivity index is 2.34. The van der Waals surface area contributed by atoms with Crippen LogP contribution in [0.4, 0.5) is 5.82 Å². The van der Waals surface area contributed by atoms with Crippen molar-refractivity contribution >= 4 is 41.5 Å². The van der Waals surface area contributed by atoms with Gasteiger partial charge in [-0.3, -0.25) is 9.59 Å². The Bertz CT molecular complexity index is 2050. The smallest absolute Gasteiger partial charge is 0.342 e. The van der Waals surface area contributed by atoms with Gasteiger partial charge in [-0.15, -0.1) is 0 Å². The van der Waals surface area contributed by atoms with Crippen molar-refractivity contribution in [2.24, 2.45) is 56.7 Å². The second kappa shape index (κ2) is 24.4. The van der Waals surface area contributed by atoms with E-state index in [1.807, 2.05) is 74.5 Å². The molecular weight excluding hydrogens is 861 g/mol. The minimum absolute atomic E-state index is 0.0949. The molecule has 0 aromatic carbocycles. The maximum Gasteiger partial charge on any atom is 0.342 e. The van der Waals surface area contributed by atoms with Crippen molar-refractivity contribution in [3.63, 3.8) is 0 Å². The van der Waals surface area contributed by atoms with Gasteiger partial charge in [0.25, 0.3) is 0 Å². The molecule has 2 amide bonds. The van der Waals surface area contributed by atoms with Crippen molar-refractivity contribution in [1.29, 1.82) is 0 Å². The van der Waals surface area contributed by atoms with Gasteiger partial charge < -0.3 is 25.1 Å². The van der Waals surface area contributed by atoms with E-state index in [0.29, 0.717) is 59.1 Å². The summed E-state index contributed by atoms with van der Waals surface area (Å²) in [4.78, 5) is 66.3. The second-order valence-electron chi connectivity index (χ2n) is 25.4. The number of unbranched alkanes of at least 4 members (excludes halogenated alkanes) is 2. The largest absolute Gasteiger partial charge is 0.458 e. The maximum atomic E-state index is 15.2. The number of allylic oxidation sites excluding steroid dienone is 3. The Morgan fingerprint density at radius 1 is 0.754 bits per heavy atom. The quantitative estimate of drug-likeness (QED) is 0.111. The van der Waals surface area contributed by atoms with E-state index in [-0.39, 0.29) is 75.5 Å². The Morgan fingerprint density at radius 2 is 1.26 bits per heavy atom. The molecule has 2 heterocycles. The van der Waals surface area contributed by atoms with Gasteiger partial charge in [0, 0.05) is 29.4 Å². The van der Waals surface area contributed by atoms with Crippen LogP contribution in [-0.2, 0) is 23.9 Å². The average molecular weight is 959 g/mol.